The molecule has 0 N–H and O–H groups in total. The van der Waals surface area contributed by atoms with Gasteiger partial charge in [0, 0.05) is 22.7 Å². The molecule has 0 saturated carbocycles. The molecule has 4 aromatic rings. The average Bonchev–Trinajstić information content (AvgIpc) is 3.35. The molecule has 0 bridgehead atoms. The molecular weight excluding hydrogens is 376 g/mol. The first-order valence-electron chi connectivity index (χ1n) is 8.57. The zero-order valence-corrected chi connectivity index (χ0v) is 16.4. The highest BCUT2D eigenvalue weighted by Gasteiger charge is 2.19. The summed E-state index contributed by atoms with van der Waals surface area (Å²) in [4.78, 5) is 18.8. The predicted octanol–water partition coefficient (Wildman–Crippen LogP) is 5.76. The molecule has 136 valence electrons. The van der Waals surface area contributed by atoms with Crippen LogP contribution in [-0.2, 0) is 6.54 Å². The van der Waals surface area contributed by atoms with Gasteiger partial charge in [0.05, 0.1) is 11.6 Å². The Balaban J connectivity index is 1.82. The Bertz CT molecular complexity index is 1130. The Labute approximate surface area is 165 Å². The second-order valence-corrected chi connectivity index (χ2v) is 8.24. The van der Waals surface area contributed by atoms with Crippen LogP contribution in [0.5, 0.6) is 0 Å². The average molecular weight is 395 g/mol. The Kier molecular flexibility index (Phi) is 5.01. The summed E-state index contributed by atoms with van der Waals surface area (Å²) < 4.78 is 7.19. The third-order valence-electron chi connectivity index (χ3n) is 4.31. The van der Waals surface area contributed by atoms with E-state index in [2.05, 4.69) is 25.6 Å². The first-order valence-corrected chi connectivity index (χ1v) is 10.3. The number of fused-ring (bicyclic) bond motifs is 1. The van der Waals surface area contributed by atoms with Crippen molar-refractivity contribution in [2.24, 2.45) is 0 Å². The van der Waals surface area contributed by atoms with Gasteiger partial charge in [0.25, 0.3) is 5.56 Å². The summed E-state index contributed by atoms with van der Waals surface area (Å²) in [5.74, 6) is 0.684. The number of rotatable bonds is 6. The third kappa shape index (κ3) is 3.38. The van der Waals surface area contributed by atoms with Crippen molar-refractivity contribution in [3.63, 3.8) is 0 Å². The summed E-state index contributed by atoms with van der Waals surface area (Å²) in [5, 5.41) is 3.42. The second-order valence-electron chi connectivity index (χ2n) is 6.08. The smallest absolute Gasteiger partial charge is 0.263 e. The molecule has 0 amide bonds. The van der Waals surface area contributed by atoms with Gasteiger partial charge in [-0.3, -0.25) is 9.36 Å². The first kappa shape index (κ1) is 17.8. The van der Waals surface area contributed by atoms with E-state index >= 15 is 0 Å². The minimum Gasteiger partial charge on any atom is -0.464 e. The van der Waals surface area contributed by atoms with Crippen molar-refractivity contribution in [2.75, 3.05) is 0 Å². The Morgan fingerprint density at radius 3 is 2.81 bits per heavy atom. The maximum atomic E-state index is 13.3. The van der Waals surface area contributed by atoms with Gasteiger partial charge >= 0.3 is 0 Å². The molecule has 1 atom stereocenters. The van der Waals surface area contributed by atoms with E-state index in [1.165, 1.54) is 16.9 Å². The van der Waals surface area contributed by atoms with Crippen LogP contribution in [0, 0.1) is 0 Å². The van der Waals surface area contributed by atoms with Gasteiger partial charge in [-0.25, -0.2) is 4.98 Å². The molecule has 0 aliphatic rings. The quantitative estimate of drug-likeness (QED) is 0.237. The molecule has 3 aromatic heterocycles. The van der Waals surface area contributed by atoms with Gasteiger partial charge in [-0.15, -0.1) is 17.9 Å². The minimum atomic E-state index is -0.0599. The van der Waals surface area contributed by atoms with Crippen LogP contribution in [0.3, 0.4) is 0 Å². The number of hydrogen-bond acceptors (Lipinski definition) is 5. The SMILES string of the molecule is C=CCn1c(SC(C)c2ccccc2)nc2scc(-c3ccco3)c2c1=O. The van der Waals surface area contributed by atoms with Gasteiger partial charge < -0.3 is 4.42 Å². The maximum absolute atomic E-state index is 13.3. The van der Waals surface area contributed by atoms with E-state index in [9.17, 15) is 4.79 Å². The molecule has 0 radical (unpaired) electrons. The standard InChI is InChI=1S/C21H18N2O2S2/c1-3-11-23-20(24)18-16(17-10-7-12-25-17)13-26-19(18)22-21(23)27-14(2)15-8-5-4-6-9-15/h3-10,12-14H,1,11H2,2H3. The van der Waals surface area contributed by atoms with Crippen molar-refractivity contribution in [3.8, 4) is 11.3 Å². The number of hydrogen-bond donors (Lipinski definition) is 0. The monoisotopic (exact) mass is 394 g/mol. The molecule has 1 unspecified atom stereocenters. The van der Waals surface area contributed by atoms with Crippen molar-refractivity contribution in [1.29, 1.82) is 0 Å². The number of thiophene rings is 1. The normalized spacial score (nSPS) is 12.3. The highest BCUT2D eigenvalue weighted by Crippen LogP contribution is 2.36. The van der Waals surface area contributed by atoms with E-state index in [1.807, 2.05) is 35.7 Å². The van der Waals surface area contributed by atoms with Gasteiger partial charge in [-0.05, 0) is 24.6 Å². The summed E-state index contributed by atoms with van der Waals surface area (Å²) >= 11 is 3.05. The van der Waals surface area contributed by atoms with Gasteiger partial charge in [0.2, 0.25) is 0 Å². The Morgan fingerprint density at radius 1 is 1.30 bits per heavy atom. The number of nitrogens with zero attached hydrogens (tertiary/aromatic N) is 2. The molecule has 3 heterocycles. The van der Waals surface area contributed by atoms with Crippen LogP contribution < -0.4 is 5.56 Å². The van der Waals surface area contributed by atoms with Crippen molar-refractivity contribution in [2.45, 2.75) is 23.9 Å². The fourth-order valence-electron chi connectivity index (χ4n) is 2.95. The topological polar surface area (TPSA) is 48.0 Å². The van der Waals surface area contributed by atoms with Gasteiger partial charge in [-0.1, -0.05) is 48.2 Å². The fourth-order valence-corrected chi connectivity index (χ4v) is 4.96. The molecule has 0 aliphatic heterocycles. The zero-order valence-electron chi connectivity index (χ0n) is 14.8. The lowest BCUT2D eigenvalue weighted by Gasteiger charge is -2.15. The second kappa shape index (κ2) is 7.58. The molecule has 0 fully saturated rings. The van der Waals surface area contributed by atoms with Crippen LogP contribution in [0.15, 0.2) is 81.1 Å². The molecule has 27 heavy (non-hydrogen) atoms. The van der Waals surface area contributed by atoms with Crippen LogP contribution in [0.2, 0.25) is 0 Å². The van der Waals surface area contributed by atoms with Crippen LogP contribution in [0.1, 0.15) is 17.7 Å². The van der Waals surface area contributed by atoms with E-state index in [-0.39, 0.29) is 10.8 Å². The van der Waals surface area contributed by atoms with Crippen molar-refractivity contribution in [3.05, 3.63) is 82.7 Å². The van der Waals surface area contributed by atoms with E-state index in [0.29, 0.717) is 22.8 Å². The minimum absolute atomic E-state index is 0.0599. The predicted molar refractivity (Wildman–Crippen MR) is 112 cm³/mol. The van der Waals surface area contributed by atoms with Crippen LogP contribution in [-0.4, -0.2) is 9.55 Å². The molecule has 0 aliphatic carbocycles. The number of aromatic nitrogens is 2. The molecule has 6 heteroatoms. The number of furan rings is 1. The Morgan fingerprint density at radius 2 is 2.11 bits per heavy atom. The molecule has 1 aromatic carbocycles. The number of thioether (sulfide) groups is 1. The van der Waals surface area contributed by atoms with Gasteiger partial charge in [0.15, 0.2) is 5.16 Å². The highest BCUT2D eigenvalue weighted by molar-refractivity contribution is 7.99. The summed E-state index contributed by atoms with van der Waals surface area (Å²) in [6.45, 7) is 6.34. The molecule has 0 saturated heterocycles. The van der Waals surface area contributed by atoms with Crippen molar-refractivity contribution < 1.29 is 4.42 Å². The number of benzene rings is 1. The van der Waals surface area contributed by atoms with E-state index in [4.69, 9.17) is 9.40 Å². The molecule has 4 nitrogen and oxygen atoms in total. The van der Waals surface area contributed by atoms with Crippen LogP contribution in [0.25, 0.3) is 21.5 Å². The Hall–Kier alpha value is -2.57. The zero-order chi connectivity index (χ0) is 18.8. The lowest BCUT2D eigenvalue weighted by molar-refractivity contribution is 0.583. The van der Waals surface area contributed by atoms with Crippen molar-refractivity contribution in [1.82, 2.24) is 9.55 Å². The van der Waals surface area contributed by atoms with Gasteiger partial charge in [-0.2, -0.15) is 0 Å². The third-order valence-corrected chi connectivity index (χ3v) is 6.33. The molecule has 4 rings (SSSR count). The summed E-state index contributed by atoms with van der Waals surface area (Å²) in [6.07, 6.45) is 3.34. The van der Waals surface area contributed by atoms with Crippen LogP contribution in [0.4, 0.5) is 0 Å². The summed E-state index contributed by atoms with van der Waals surface area (Å²) in [7, 11) is 0. The fraction of sp³-hybridized carbons (Fsp3) is 0.143. The van der Waals surface area contributed by atoms with Gasteiger partial charge in [0.1, 0.15) is 10.6 Å². The van der Waals surface area contributed by atoms with Crippen molar-refractivity contribution >= 4 is 33.3 Å². The first-order chi connectivity index (χ1) is 13.2. The molecular formula is C21H18N2O2S2. The molecule has 0 spiro atoms. The summed E-state index contributed by atoms with van der Waals surface area (Å²) in [5.41, 5.74) is 1.93. The lowest BCUT2D eigenvalue weighted by Crippen LogP contribution is -2.22. The summed E-state index contributed by atoms with van der Waals surface area (Å²) in [6, 6.07) is 13.9. The van der Waals surface area contributed by atoms with E-state index in [0.717, 1.165) is 10.4 Å². The van der Waals surface area contributed by atoms with E-state index in [1.54, 1.807) is 28.7 Å². The highest BCUT2D eigenvalue weighted by atomic mass is 32.2. The lowest BCUT2D eigenvalue weighted by atomic mass is 10.2. The maximum Gasteiger partial charge on any atom is 0.263 e. The largest absolute Gasteiger partial charge is 0.464 e. The van der Waals surface area contributed by atoms with E-state index < -0.39 is 0 Å². The number of allylic oxidation sites excluding steroid dienone is 1. The van der Waals surface area contributed by atoms with Crippen LogP contribution >= 0.6 is 23.1 Å².